The highest BCUT2D eigenvalue weighted by atomic mass is 16.3. The van der Waals surface area contributed by atoms with E-state index in [9.17, 15) is 9.90 Å². The Balaban J connectivity index is 1.98. The highest BCUT2D eigenvalue weighted by Crippen LogP contribution is 2.34. The van der Waals surface area contributed by atoms with Crippen LogP contribution in [0.1, 0.15) is 25.8 Å². The summed E-state index contributed by atoms with van der Waals surface area (Å²) < 4.78 is 0. The molecule has 2 rings (SSSR count). The molecule has 1 aromatic carbocycles. The van der Waals surface area contributed by atoms with Crippen molar-refractivity contribution in [1.29, 1.82) is 0 Å². The van der Waals surface area contributed by atoms with Gasteiger partial charge in [0.25, 0.3) is 0 Å². The topological polar surface area (TPSA) is 61.4 Å². The van der Waals surface area contributed by atoms with Gasteiger partial charge in [0.2, 0.25) is 5.91 Å². The van der Waals surface area contributed by atoms with Crippen molar-refractivity contribution in [2.24, 2.45) is 11.3 Å². The maximum absolute atomic E-state index is 12.4. The number of carbonyl (C=O) groups is 1. The second-order valence-corrected chi connectivity index (χ2v) is 5.59. The molecule has 0 aromatic heterocycles. The number of nitrogens with one attached hydrogen (secondary N) is 2. The van der Waals surface area contributed by atoms with Gasteiger partial charge in [-0.05, 0) is 36.6 Å². The second-order valence-electron chi connectivity index (χ2n) is 5.59. The van der Waals surface area contributed by atoms with E-state index in [1.165, 1.54) is 0 Å². The third-order valence-electron chi connectivity index (χ3n) is 4.14. The molecule has 0 saturated carbocycles. The van der Waals surface area contributed by atoms with Crippen LogP contribution in [0.3, 0.4) is 0 Å². The largest absolute Gasteiger partial charge is 0.508 e. The van der Waals surface area contributed by atoms with E-state index in [-0.39, 0.29) is 17.1 Å². The highest BCUT2D eigenvalue weighted by molar-refractivity contribution is 5.83. The number of carbonyl (C=O) groups excluding carboxylic acids is 1. The summed E-state index contributed by atoms with van der Waals surface area (Å²) in [6.45, 7) is 6.38. The molecule has 1 heterocycles. The van der Waals surface area contributed by atoms with Gasteiger partial charge in [-0.15, -0.1) is 0 Å². The van der Waals surface area contributed by atoms with Crippen molar-refractivity contribution in [3.63, 3.8) is 0 Å². The van der Waals surface area contributed by atoms with E-state index in [4.69, 9.17) is 0 Å². The Morgan fingerprint density at radius 1 is 1.42 bits per heavy atom. The molecule has 1 fully saturated rings. The number of aromatic hydroxyl groups is 1. The zero-order valence-electron chi connectivity index (χ0n) is 11.6. The van der Waals surface area contributed by atoms with Gasteiger partial charge < -0.3 is 15.7 Å². The molecule has 3 N–H and O–H groups in total. The Kier molecular flexibility index (Phi) is 4.10. The Bertz CT molecular complexity index is 434. The van der Waals surface area contributed by atoms with Gasteiger partial charge in [0, 0.05) is 13.1 Å². The molecular weight excluding hydrogens is 240 g/mol. The van der Waals surface area contributed by atoms with Crippen molar-refractivity contribution < 1.29 is 9.90 Å². The molecule has 0 aliphatic carbocycles. The van der Waals surface area contributed by atoms with Crippen LogP contribution < -0.4 is 10.6 Å². The average molecular weight is 262 g/mol. The molecule has 0 spiro atoms. The van der Waals surface area contributed by atoms with Crippen LogP contribution in [-0.4, -0.2) is 24.1 Å². The minimum Gasteiger partial charge on any atom is -0.508 e. The number of hydrogen-bond donors (Lipinski definition) is 3. The van der Waals surface area contributed by atoms with Gasteiger partial charge in [0.05, 0.1) is 5.41 Å². The van der Waals surface area contributed by atoms with Crippen LogP contribution in [0.4, 0.5) is 0 Å². The summed E-state index contributed by atoms with van der Waals surface area (Å²) in [7, 11) is 0. The van der Waals surface area contributed by atoms with Crippen LogP contribution in [-0.2, 0) is 11.3 Å². The molecule has 19 heavy (non-hydrogen) atoms. The van der Waals surface area contributed by atoms with Crippen molar-refractivity contribution in [2.75, 3.05) is 13.1 Å². The van der Waals surface area contributed by atoms with Crippen LogP contribution in [0.25, 0.3) is 0 Å². The van der Waals surface area contributed by atoms with E-state index >= 15 is 0 Å². The lowest BCUT2D eigenvalue weighted by molar-refractivity contribution is -0.132. The van der Waals surface area contributed by atoms with Gasteiger partial charge >= 0.3 is 0 Å². The van der Waals surface area contributed by atoms with E-state index in [2.05, 4.69) is 24.5 Å². The maximum atomic E-state index is 12.4. The molecule has 1 atom stereocenters. The molecule has 104 valence electrons. The summed E-state index contributed by atoms with van der Waals surface area (Å²) in [6, 6.07) is 6.92. The normalized spacial score (nSPS) is 22.7. The maximum Gasteiger partial charge on any atom is 0.228 e. The average Bonchev–Trinajstić information content (AvgIpc) is 2.88. The van der Waals surface area contributed by atoms with Crippen LogP contribution in [0, 0.1) is 11.3 Å². The van der Waals surface area contributed by atoms with Gasteiger partial charge in [-0.2, -0.15) is 0 Å². The first kappa shape index (κ1) is 13.9. The van der Waals surface area contributed by atoms with Crippen molar-refractivity contribution in [3.8, 4) is 5.75 Å². The third kappa shape index (κ3) is 2.89. The number of phenols is 1. The molecule has 1 saturated heterocycles. The zero-order chi connectivity index (χ0) is 13.9. The molecule has 0 radical (unpaired) electrons. The smallest absolute Gasteiger partial charge is 0.228 e. The molecule has 1 aliphatic rings. The van der Waals surface area contributed by atoms with Crippen LogP contribution in [0.5, 0.6) is 5.75 Å². The lowest BCUT2D eigenvalue weighted by atomic mass is 9.75. The summed E-state index contributed by atoms with van der Waals surface area (Å²) in [5.74, 6) is 0.691. The van der Waals surface area contributed by atoms with Crippen molar-refractivity contribution in [1.82, 2.24) is 10.6 Å². The summed E-state index contributed by atoms with van der Waals surface area (Å²) in [4.78, 5) is 12.4. The number of amides is 1. The van der Waals surface area contributed by atoms with Crippen molar-refractivity contribution in [3.05, 3.63) is 29.8 Å². The fraction of sp³-hybridized carbons (Fsp3) is 0.533. The molecule has 1 aromatic rings. The van der Waals surface area contributed by atoms with Crippen molar-refractivity contribution >= 4 is 5.91 Å². The van der Waals surface area contributed by atoms with Gasteiger partial charge in [-0.25, -0.2) is 0 Å². The molecule has 1 aliphatic heterocycles. The first-order chi connectivity index (χ1) is 9.04. The van der Waals surface area contributed by atoms with Gasteiger partial charge in [0.1, 0.15) is 5.75 Å². The monoisotopic (exact) mass is 262 g/mol. The fourth-order valence-electron chi connectivity index (χ4n) is 2.63. The Hall–Kier alpha value is -1.55. The predicted molar refractivity (Wildman–Crippen MR) is 74.7 cm³/mol. The Morgan fingerprint density at radius 2 is 2.11 bits per heavy atom. The van der Waals surface area contributed by atoms with Gasteiger partial charge in [-0.3, -0.25) is 4.79 Å². The zero-order valence-corrected chi connectivity index (χ0v) is 11.6. The summed E-state index contributed by atoms with van der Waals surface area (Å²) in [5, 5.41) is 15.5. The molecule has 4 nitrogen and oxygen atoms in total. The summed E-state index contributed by atoms with van der Waals surface area (Å²) >= 11 is 0. The molecule has 0 bridgehead atoms. The molecule has 1 unspecified atom stereocenters. The first-order valence-electron chi connectivity index (χ1n) is 6.81. The number of benzene rings is 1. The van der Waals surface area contributed by atoms with E-state index in [0.717, 1.165) is 25.1 Å². The van der Waals surface area contributed by atoms with Gasteiger partial charge in [0.15, 0.2) is 0 Å². The molecular formula is C15H22N2O2. The van der Waals surface area contributed by atoms with Crippen LogP contribution in [0.2, 0.25) is 0 Å². The summed E-state index contributed by atoms with van der Waals surface area (Å²) in [6.07, 6.45) is 0.895. The lowest BCUT2D eigenvalue weighted by Gasteiger charge is -2.31. The van der Waals surface area contributed by atoms with E-state index in [1.54, 1.807) is 12.1 Å². The molecule has 4 heteroatoms. The van der Waals surface area contributed by atoms with E-state index < -0.39 is 0 Å². The lowest BCUT2D eigenvalue weighted by Crippen LogP contribution is -2.45. The second kappa shape index (κ2) is 5.61. The first-order valence-corrected chi connectivity index (χ1v) is 6.81. The number of rotatable bonds is 4. The van der Waals surface area contributed by atoms with Crippen LogP contribution in [0.15, 0.2) is 24.3 Å². The molecule has 1 amide bonds. The quantitative estimate of drug-likeness (QED) is 0.773. The Morgan fingerprint density at radius 3 is 2.63 bits per heavy atom. The third-order valence-corrected chi connectivity index (χ3v) is 4.14. The minimum absolute atomic E-state index is 0.126. The Labute approximate surface area is 114 Å². The van der Waals surface area contributed by atoms with Crippen molar-refractivity contribution in [2.45, 2.75) is 26.8 Å². The van der Waals surface area contributed by atoms with Crippen LogP contribution >= 0.6 is 0 Å². The highest BCUT2D eigenvalue weighted by Gasteiger charge is 2.43. The minimum atomic E-state index is -0.281. The van der Waals surface area contributed by atoms with E-state index in [1.807, 2.05) is 12.1 Å². The van der Waals surface area contributed by atoms with Gasteiger partial charge in [-0.1, -0.05) is 26.0 Å². The fourth-order valence-corrected chi connectivity index (χ4v) is 2.63. The number of phenolic OH excluding ortho intramolecular Hbond substituents is 1. The predicted octanol–water partition coefficient (Wildman–Crippen LogP) is 1.64. The SMILES string of the molecule is CC(C)C1(C(=O)NCc2ccc(O)cc2)CCNC1. The summed E-state index contributed by atoms with van der Waals surface area (Å²) in [5.41, 5.74) is 0.715. The number of hydrogen-bond acceptors (Lipinski definition) is 3. The van der Waals surface area contributed by atoms with E-state index in [0.29, 0.717) is 12.5 Å². The standard InChI is InChI=1S/C15H22N2O2/c1-11(2)15(7-8-16-10-15)14(19)17-9-12-3-5-13(18)6-4-12/h3-6,11,16,18H,7-10H2,1-2H3,(H,17,19).